The molecule has 0 aliphatic carbocycles. The van der Waals surface area contributed by atoms with Crippen LogP contribution >= 0.6 is 0 Å². The predicted octanol–water partition coefficient (Wildman–Crippen LogP) is -1.61. The normalized spacial score (nSPS) is 17.7. The monoisotopic (exact) mass is 170 g/mol. The van der Waals surface area contributed by atoms with Gasteiger partial charge in [-0.2, -0.15) is 0 Å². The zero-order valence-electron chi connectivity index (χ0n) is 6.88. The highest BCUT2D eigenvalue weighted by Gasteiger charge is 2.17. The molecule has 0 aromatic carbocycles. The molecular formula is C6H14N6. The third kappa shape index (κ3) is 1.77. The van der Waals surface area contributed by atoms with Crippen molar-refractivity contribution in [2.45, 2.75) is 0 Å². The number of nitrogens with zero attached hydrogens (tertiary/aromatic N) is 2. The van der Waals surface area contributed by atoms with Gasteiger partial charge >= 0.3 is 0 Å². The summed E-state index contributed by atoms with van der Waals surface area (Å²) in [6, 6.07) is 0. The van der Waals surface area contributed by atoms with Crippen molar-refractivity contribution in [3.8, 4) is 0 Å². The molecule has 6 N–H and O–H groups in total. The SMILES string of the molecule is N=C(N)N1CCN(C(=N)N)CC1. The molecule has 12 heavy (non-hydrogen) atoms. The van der Waals surface area contributed by atoms with E-state index < -0.39 is 0 Å². The van der Waals surface area contributed by atoms with Crippen molar-refractivity contribution in [2.24, 2.45) is 11.5 Å². The first kappa shape index (κ1) is 8.63. The van der Waals surface area contributed by atoms with Gasteiger partial charge in [-0.15, -0.1) is 0 Å². The number of nitrogens with two attached hydrogens (primary N) is 2. The molecule has 1 aliphatic rings. The van der Waals surface area contributed by atoms with Crippen molar-refractivity contribution in [3.63, 3.8) is 0 Å². The smallest absolute Gasteiger partial charge is 0.188 e. The molecular weight excluding hydrogens is 156 g/mol. The van der Waals surface area contributed by atoms with Gasteiger partial charge in [0.1, 0.15) is 0 Å². The first-order valence-corrected chi connectivity index (χ1v) is 3.79. The van der Waals surface area contributed by atoms with Crippen LogP contribution in [0.4, 0.5) is 0 Å². The number of piperazine rings is 1. The van der Waals surface area contributed by atoms with Crippen LogP contribution in [0.1, 0.15) is 0 Å². The van der Waals surface area contributed by atoms with Crippen LogP contribution in [0.25, 0.3) is 0 Å². The molecule has 0 radical (unpaired) electrons. The van der Waals surface area contributed by atoms with E-state index in [4.69, 9.17) is 22.3 Å². The van der Waals surface area contributed by atoms with Gasteiger partial charge in [0.2, 0.25) is 0 Å². The molecule has 6 heteroatoms. The molecule has 6 nitrogen and oxygen atoms in total. The molecule has 0 aromatic heterocycles. The van der Waals surface area contributed by atoms with E-state index in [1.54, 1.807) is 9.80 Å². The van der Waals surface area contributed by atoms with Gasteiger partial charge in [0.15, 0.2) is 11.9 Å². The number of hydrogen-bond acceptors (Lipinski definition) is 2. The van der Waals surface area contributed by atoms with Crippen LogP contribution < -0.4 is 11.5 Å². The van der Waals surface area contributed by atoms with E-state index in [2.05, 4.69) is 0 Å². The molecule has 0 spiro atoms. The largest absolute Gasteiger partial charge is 0.370 e. The van der Waals surface area contributed by atoms with Crippen molar-refractivity contribution >= 4 is 11.9 Å². The Balaban J connectivity index is 2.39. The molecule has 1 saturated heterocycles. The lowest BCUT2D eigenvalue weighted by molar-refractivity contribution is 0.253. The summed E-state index contributed by atoms with van der Waals surface area (Å²) < 4.78 is 0. The first-order valence-electron chi connectivity index (χ1n) is 3.79. The second-order valence-electron chi connectivity index (χ2n) is 2.74. The van der Waals surface area contributed by atoms with E-state index >= 15 is 0 Å². The summed E-state index contributed by atoms with van der Waals surface area (Å²) in [5.74, 6) is 0.191. The van der Waals surface area contributed by atoms with E-state index in [1.807, 2.05) is 0 Å². The molecule has 68 valence electrons. The Kier molecular flexibility index (Phi) is 2.37. The Morgan fingerprint density at radius 2 is 1.08 bits per heavy atom. The lowest BCUT2D eigenvalue weighted by Crippen LogP contribution is -2.53. The molecule has 0 bridgehead atoms. The fourth-order valence-electron chi connectivity index (χ4n) is 1.19. The molecule has 1 aliphatic heterocycles. The van der Waals surface area contributed by atoms with E-state index in [1.165, 1.54) is 0 Å². The average Bonchev–Trinajstić information content (AvgIpc) is 2.04. The van der Waals surface area contributed by atoms with Gasteiger partial charge in [0.25, 0.3) is 0 Å². The highest BCUT2D eigenvalue weighted by atomic mass is 15.3. The molecule has 0 unspecified atom stereocenters. The summed E-state index contributed by atoms with van der Waals surface area (Å²) >= 11 is 0. The van der Waals surface area contributed by atoms with Gasteiger partial charge in [-0.05, 0) is 0 Å². The summed E-state index contributed by atoms with van der Waals surface area (Å²) in [7, 11) is 0. The van der Waals surface area contributed by atoms with Gasteiger partial charge in [0, 0.05) is 26.2 Å². The topological polar surface area (TPSA) is 106 Å². The summed E-state index contributed by atoms with van der Waals surface area (Å²) in [6.07, 6.45) is 0. The maximum absolute atomic E-state index is 7.16. The van der Waals surface area contributed by atoms with Crippen LogP contribution in [0.15, 0.2) is 0 Å². The van der Waals surface area contributed by atoms with Crippen LogP contribution in [0.5, 0.6) is 0 Å². The summed E-state index contributed by atoms with van der Waals surface area (Å²) in [4.78, 5) is 3.53. The van der Waals surface area contributed by atoms with Crippen molar-refractivity contribution < 1.29 is 0 Å². The van der Waals surface area contributed by atoms with Gasteiger partial charge < -0.3 is 21.3 Å². The van der Waals surface area contributed by atoms with Crippen molar-refractivity contribution in [1.82, 2.24) is 9.80 Å². The first-order chi connectivity index (χ1) is 5.61. The van der Waals surface area contributed by atoms with Crippen LogP contribution in [0, 0.1) is 10.8 Å². The minimum Gasteiger partial charge on any atom is -0.370 e. The van der Waals surface area contributed by atoms with Crippen molar-refractivity contribution in [3.05, 3.63) is 0 Å². The Bertz CT molecular complexity index is 170. The molecule has 1 heterocycles. The van der Waals surface area contributed by atoms with E-state index in [-0.39, 0.29) is 11.9 Å². The second-order valence-corrected chi connectivity index (χ2v) is 2.74. The Morgan fingerprint density at radius 3 is 1.25 bits per heavy atom. The summed E-state index contributed by atoms with van der Waals surface area (Å²) in [6.45, 7) is 2.70. The van der Waals surface area contributed by atoms with Crippen molar-refractivity contribution in [2.75, 3.05) is 26.2 Å². The Hall–Kier alpha value is -1.46. The van der Waals surface area contributed by atoms with E-state index in [9.17, 15) is 0 Å². The third-order valence-electron chi connectivity index (χ3n) is 1.96. The average molecular weight is 170 g/mol. The van der Waals surface area contributed by atoms with Gasteiger partial charge in [-0.3, -0.25) is 10.8 Å². The van der Waals surface area contributed by atoms with Gasteiger partial charge in [-0.1, -0.05) is 0 Å². The fourth-order valence-corrected chi connectivity index (χ4v) is 1.19. The van der Waals surface area contributed by atoms with Crippen LogP contribution in [-0.4, -0.2) is 47.9 Å². The lowest BCUT2D eigenvalue weighted by atomic mass is 10.3. The summed E-state index contributed by atoms with van der Waals surface area (Å²) in [5, 5.41) is 14.3. The molecule has 0 atom stereocenters. The highest BCUT2D eigenvalue weighted by molar-refractivity contribution is 5.76. The maximum Gasteiger partial charge on any atom is 0.188 e. The maximum atomic E-state index is 7.16. The Morgan fingerprint density at radius 1 is 0.833 bits per heavy atom. The molecule has 1 rings (SSSR count). The third-order valence-corrected chi connectivity index (χ3v) is 1.96. The number of guanidine groups is 2. The minimum absolute atomic E-state index is 0.0956. The standard InChI is InChI=1S/C6H14N6/c7-5(8)11-1-2-12(4-3-11)6(9)10/h1-4H2,(H3,7,8)(H3,9,10). The predicted molar refractivity (Wildman–Crippen MR) is 47.0 cm³/mol. The Labute approximate surface area is 71.1 Å². The number of hydrogen-bond donors (Lipinski definition) is 4. The molecule has 0 saturated carbocycles. The van der Waals surface area contributed by atoms with Gasteiger partial charge in [0.05, 0.1) is 0 Å². The second kappa shape index (κ2) is 3.29. The minimum atomic E-state index is 0.0956. The lowest BCUT2D eigenvalue weighted by Gasteiger charge is -2.34. The van der Waals surface area contributed by atoms with E-state index in [0.29, 0.717) is 26.2 Å². The van der Waals surface area contributed by atoms with Crippen LogP contribution in [-0.2, 0) is 0 Å². The molecule has 1 fully saturated rings. The van der Waals surface area contributed by atoms with E-state index in [0.717, 1.165) is 0 Å². The van der Waals surface area contributed by atoms with Crippen LogP contribution in [0.3, 0.4) is 0 Å². The fraction of sp³-hybridized carbons (Fsp3) is 0.667. The van der Waals surface area contributed by atoms with Crippen molar-refractivity contribution in [1.29, 1.82) is 10.8 Å². The van der Waals surface area contributed by atoms with Gasteiger partial charge in [-0.25, -0.2) is 0 Å². The zero-order chi connectivity index (χ0) is 9.14. The molecule has 0 aromatic rings. The zero-order valence-corrected chi connectivity index (χ0v) is 6.88. The highest BCUT2D eigenvalue weighted by Crippen LogP contribution is 1.98. The quantitative estimate of drug-likeness (QED) is 0.259. The van der Waals surface area contributed by atoms with Crippen LogP contribution in [0.2, 0.25) is 0 Å². The number of rotatable bonds is 0. The number of nitrogens with one attached hydrogen (secondary N) is 2. The molecule has 0 amide bonds. The summed E-state index contributed by atoms with van der Waals surface area (Å²) in [5.41, 5.74) is 10.6.